The van der Waals surface area contributed by atoms with Crippen LogP contribution in [-0.2, 0) is 11.9 Å². The number of hydrogen-bond donors (Lipinski definition) is 3. The predicted octanol–water partition coefficient (Wildman–Crippen LogP) is 0.281. The largest absolute Gasteiger partial charge is 0.383 e. The molecule has 6 nitrogen and oxygen atoms in total. The maximum atomic E-state index is 5.80. The fraction of sp³-hybridized carbons (Fsp3) is 0.667. The molecule has 1 heterocycles. The van der Waals surface area contributed by atoms with Crippen molar-refractivity contribution in [2.45, 2.75) is 25.9 Å². The highest BCUT2D eigenvalue weighted by Crippen LogP contribution is 2.13. The minimum Gasteiger partial charge on any atom is -0.383 e. The lowest BCUT2D eigenvalue weighted by atomic mass is 10.3. The number of nitrogens with one attached hydrogen (secondary N) is 1. The van der Waals surface area contributed by atoms with E-state index in [1.165, 1.54) is 0 Å². The van der Waals surface area contributed by atoms with Crippen molar-refractivity contribution in [3.05, 3.63) is 12.0 Å². The van der Waals surface area contributed by atoms with E-state index in [0.29, 0.717) is 18.1 Å². The third-order valence-corrected chi connectivity index (χ3v) is 2.12. The first-order valence-corrected chi connectivity index (χ1v) is 5.06. The van der Waals surface area contributed by atoms with E-state index >= 15 is 0 Å². The number of nitrogens with two attached hydrogens (primary N) is 2. The second-order valence-electron chi connectivity index (χ2n) is 3.42. The Labute approximate surface area is 89.6 Å². The molecule has 0 saturated carbocycles. The molecule has 0 aliphatic heterocycles. The molecule has 86 valence electrons. The Morgan fingerprint density at radius 3 is 2.93 bits per heavy atom. The van der Waals surface area contributed by atoms with E-state index in [4.69, 9.17) is 16.3 Å². The van der Waals surface area contributed by atoms with E-state index in [9.17, 15) is 0 Å². The van der Waals surface area contributed by atoms with Crippen LogP contribution in [0.25, 0.3) is 0 Å². The molecular weight excluding hydrogens is 194 g/mol. The monoisotopic (exact) mass is 213 g/mol. The molecule has 1 aromatic rings. The predicted molar refractivity (Wildman–Crippen MR) is 58.5 cm³/mol. The zero-order valence-electron chi connectivity index (χ0n) is 9.23. The summed E-state index contributed by atoms with van der Waals surface area (Å²) in [4.78, 5) is 9.26. The van der Waals surface area contributed by atoms with Crippen molar-refractivity contribution in [3.8, 4) is 0 Å². The van der Waals surface area contributed by atoms with E-state index in [0.717, 1.165) is 12.8 Å². The number of aromatic nitrogens is 2. The molecule has 0 amide bonds. The minimum atomic E-state index is -0.483. The van der Waals surface area contributed by atoms with Gasteiger partial charge >= 0.3 is 0 Å². The Hall–Kier alpha value is -1.11. The summed E-state index contributed by atoms with van der Waals surface area (Å²) in [6.45, 7) is 2.73. The van der Waals surface area contributed by atoms with Crippen molar-refractivity contribution in [1.29, 1.82) is 0 Å². The Bertz CT molecular complexity index is 299. The molecule has 0 aliphatic carbocycles. The van der Waals surface area contributed by atoms with Crippen LogP contribution >= 0.6 is 0 Å². The van der Waals surface area contributed by atoms with E-state index in [-0.39, 0.29) is 0 Å². The van der Waals surface area contributed by atoms with Crippen LogP contribution < -0.4 is 16.9 Å². The van der Waals surface area contributed by atoms with Crippen LogP contribution in [0.4, 0.5) is 5.82 Å². The minimum absolute atomic E-state index is 0.483. The maximum absolute atomic E-state index is 5.80. The number of hydroxylamine groups is 1. The quantitative estimate of drug-likeness (QED) is 0.359. The summed E-state index contributed by atoms with van der Waals surface area (Å²) < 4.78 is 1.71. The molecule has 1 aromatic heterocycles. The maximum Gasteiger partial charge on any atom is 0.129 e. The molecule has 1 rings (SSSR count). The first kappa shape index (κ1) is 12.0. The van der Waals surface area contributed by atoms with Gasteiger partial charge in [0.1, 0.15) is 17.7 Å². The van der Waals surface area contributed by atoms with Gasteiger partial charge in [0.25, 0.3) is 0 Å². The Balaban J connectivity index is 2.40. The van der Waals surface area contributed by atoms with Gasteiger partial charge in [-0.2, -0.15) is 5.48 Å². The molecule has 0 bridgehead atoms. The van der Waals surface area contributed by atoms with Gasteiger partial charge in [0.2, 0.25) is 0 Å². The Morgan fingerprint density at radius 1 is 1.67 bits per heavy atom. The van der Waals surface area contributed by atoms with E-state index in [1.54, 1.807) is 10.9 Å². The fourth-order valence-corrected chi connectivity index (χ4v) is 1.12. The SMILES string of the molecule is CCCCONC(N)c1ncn(C)c1N. The average molecular weight is 213 g/mol. The van der Waals surface area contributed by atoms with Crippen LogP contribution in [0.15, 0.2) is 6.33 Å². The standard InChI is InChI=1S/C9H19N5O/c1-3-4-5-15-13-8(10)7-9(11)14(2)6-12-7/h6,8,13H,3-5,10-11H2,1-2H3. The first-order chi connectivity index (χ1) is 7.16. The van der Waals surface area contributed by atoms with Crippen LogP contribution in [0, 0.1) is 0 Å². The van der Waals surface area contributed by atoms with Crippen LogP contribution in [-0.4, -0.2) is 16.2 Å². The highest BCUT2D eigenvalue weighted by molar-refractivity contribution is 5.37. The summed E-state index contributed by atoms with van der Waals surface area (Å²) in [5.74, 6) is 0.550. The molecule has 6 heteroatoms. The van der Waals surface area contributed by atoms with Crippen LogP contribution in [0.3, 0.4) is 0 Å². The lowest BCUT2D eigenvalue weighted by Crippen LogP contribution is -2.30. The summed E-state index contributed by atoms with van der Waals surface area (Å²) in [5, 5.41) is 0. The molecule has 0 radical (unpaired) electrons. The highest BCUT2D eigenvalue weighted by Gasteiger charge is 2.13. The van der Waals surface area contributed by atoms with Gasteiger partial charge in [0.05, 0.1) is 12.9 Å². The van der Waals surface area contributed by atoms with Crippen LogP contribution in [0.5, 0.6) is 0 Å². The van der Waals surface area contributed by atoms with Crippen molar-refractivity contribution in [2.24, 2.45) is 12.8 Å². The number of nitrogens with zero attached hydrogens (tertiary/aromatic N) is 2. The van der Waals surface area contributed by atoms with Gasteiger partial charge in [-0.1, -0.05) is 13.3 Å². The van der Waals surface area contributed by atoms with E-state index in [1.807, 2.05) is 7.05 Å². The third kappa shape index (κ3) is 3.19. The smallest absolute Gasteiger partial charge is 0.129 e. The molecule has 0 aliphatic rings. The summed E-state index contributed by atoms with van der Waals surface area (Å²) in [6.07, 6.45) is 3.22. The average Bonchev–Trinajstić information content (AvgIpc) is 2.55. The Morgan fingerprint density at radius 2 is 2.40 bits per heavy atom. The topological polar surface area (TPSA) is 91.1 Å². The lowest BCUT2D eigenvalue weighted by Gasteiger charge is -2.12. The van der Waals surface area contributed by atoms with Gasteiger partial charge in [-0.05, 0) is 6.42 Å². The molecule has 15 heavy (non-hydrogen) atoms. The summed E-state index contributed by atoms with van der Waals surface area (Å²) in [7, 11) is 1.82. The van der Waals surface area contributed by atoms with Gasteiger partial charge in [0.15, 0.2) is 0 Å². The molecule has 0 fully saturated rings. The molecule has 0 spiro atoms. The molecule has 5 N–H and O–H groups in total. The number of aryl methyl sites for hydroxylation is 1. The number of anilines is 1. The zero-order chi connectivity index (χ0) is 11.3. The number of unbranched alkanes of at least 4 members (excludes halogenated alkanes) is 1. The van der Waals surface area contributed by atoms with Crippen molar-refractivity contribution >= 4 is 5.82 Å². The summed E-state index contributed by atoms with van der Waals surface area (Å²) in [5.41, 5.74) is 14.9. The molecular formula is C9H19N5O. The summed E-state index contributed by atoms with van der Waals surface area (Å²) in [6, 6.07) is 0. The van der Waals surface area contributed by atoms with Gasteiger partial charge < -0.3 is 16.0 Å². The number of hydrogen-bond acceptors (Lipinski definition) is 5. The second kappa shape index (κ2) is 5.69. The second-order valence-corrected chi connectivity index (χ2v) is 3.42. The van der Waals surface area contributed by atoms with Gasteiger partial charge in [-0.25, -0.2) is 4.98 Å². The number of rotatable bonds is 6. The lowest BCUT2D eigenvalue weighted by molar-refractivity contribution is 0.0145. The van der Waals surface area contributed by atoms with E-state index in [2.05, 4.69) is 17.4 Å². The van der Waals surface area contributed by atoms with Crippen LogP contribution in [0.2, 0.25) is 0 Å². The third-order valence-electron chi connectivity index (χ3n) is 2.12. The van der Waals surface area contributed by atoms with Crippen molar-refractivity contribution in [3.63, 3.8) is 0 Å². The van der Waals surface area contributed by atoms with E-state index < -0.39 is 6.17 Å². The molecule has 0 aromatic carbocycles. The van der Waals surface area contributed by atoms with Gasteiger partial charge in [-0.15, -0.1) is 0 Å². The number of nitrogen functional groups attached to an aromatic ring is 1. The van der Waals surface area contributed by atoms with Crippen molar-refractivity contribution in [2.75, 3.05) is 12.3 Å². The van der Waals surface area contributed by atoms with Crippen LogP contribution in [0.1, 0.15) is 31.6 Å². The molecule has 0 saturated heterocycles. The fourth-order valence-electron chi connectivity index (χ4n) is 1.12. The highest BCUT2D eigenvalue weighted by atomic mass is 16.6. The van der Waals surface area contributed by atoms with Gasteiger partial charge in [-0.3, -0.25) is 4.84 Å². The molecule has 1 unspecified atom stereocenters. The Kier molecular flexibility index (Phi) is 4.54. The van der Waals surface area contributed by atoms with Crippen molar-refractivity contribution < 1.29 is 4.84 Å². The van der Waals surface area contributed by atoms with Crippen molar-refractivity contribution in [1.82, 2.24) is 15.0 Å². The zero-order valence-corrected chi connectivity index (χ0v) is 9.23. The van der Waals surface area contributed by atoms with Gasteiger partial charge in [0, 0.05) is 7.05 Å². The summed E-state index contributed by atoms with van der Waals surface area (Å²) >= 11 is 0. The normalized spacial score (nSPS) is 13.0. The first-order valence-electron chi connectivity index (χ1n) is 5.06. The molecule has 1 atom stereocenters. The number of imidazole rings is 1.